The lowest BCUT2D eigenvalue weighted by atomic mass is 10.1. The van der Waals surface area contributed by atoms with E-state index in [1.165, 1.54) is 19.2 Å². The number of carboxylic acid groups (broad SMARTS) is 1. The summed E-state index contributed by atoms with van der Waals surface area (Å²) in [7, 11) is 1.47. The molecule has 0 amide bonds. The van der Waals surface area contributed by atoms with Crippen LogP contribution in [0.4, 0.5) is 5.69 Å². The lowest BCUT2D eigenvalue weighted by Gasteiger charge is -2.16. The Hall–Kier alpha value is -2.03. The summed E-state index contributed by atoms with van der Waals surface area (Å²) in [5, 5.41) is 31.9. The Bertz CT molecular complexity index is 491. The van der Waals surface area contributed by atoms with E-state index in [-0.39, 0.29) is 36.9 Å². The fraction of sp³-hybridized carbons (Fsp3) is 0.417. The van der Waals surface area contributed by atoms with Gasteiger partial charge in [0.1, 0.15) is 5.56 Å². The number of nitro groups is 1. The van der Waals surface area contributed by atoms with E-state index in [0.29, 0.717) is 0 Å². The molecule has 0 saturated heterocycles. The number of ether oxygens (including phenoxy) is 1. The second-order valence-electron chi connectivity index (χ2n) is 4.09. The van der Waals surface area contributed by atoms with E-state index in [0.717, 1.165) is 6.07 Å². The molecule has 0 aromatic heterocycles. The molecule has 0 spiro atoms. The van der Waals surface area contributed by atoms with E-state index in [1.54, 1.807) is 0 Å². The van der Waals surface area contributed by atoms with Gasteiger partial charge in [-0.15, -0.1) is 0 Å². The highest BCUT2D eigenvalue weighted by Gasteiger charge is 2.23. The zero-order chi connectivity index (χ0) is 15.1. The van der Waals surface area contributed by atoms with Crippen molar-refractivity contribution in [3.63, 3.8) is 0 Å². The van der Waals surface area contributed by atoms with Crippen LogP contribution in [-0.4, -0.2) is 47.5 Å². The molecule has 0 aliphatic rings. The van der Waals surface area contributed by atoms with Gasteiger partial charge in [-0.3, -0.25) is 10.1 Å². The smallest absolute Gasteiger partial charge is 0.343 e. The SMILES string of the molecule is COCC(CO)NCc1cccc([N+](=O)[O-])c1C(=O)O. The number of nitro benzene ring substituents is 1. The van der Waals surface area contributed by atoms with Crippen LogP contribution in [0.5, 0.6) is 0 Å². The van der Waals surface area contributed by atoms with Gasteiger partial charge in [-0.05, 0) is 5.56 Å². The molecule has 0 fully saturated rings. The fourth-order valence-electron chi connectivity index (χ4n) is 1.76. The van der Waals surface area contributed by atoms with E-state index in [1.807, 2.05) is 0 Å². The molecule has 0 aliphatic carbocycles. The minimum Gasteiger partial charge on any atom is -0.477 e. The van der Waals surface area contributed by atoms with Crippen LogP contribution in [-0.2, 0) is 11.3 Å². The van der Waals surface area contributed by atoms with Crippen molar-refractivity contribution in [2.45, 2.75) is 12.6 Å². The number of rotatable bonds is 8. The van der Waals surface area contributed by atoms with Crippen molar-refractivity contribution in [3.8, 4) is 0 Å². The highest BCUT2D eigenvalue weighted by molar-refractivity contribution is 5.94. The lowest BCUT2D eigenvalue weighted by Crippen LogP contribution is -2.36. The lowest BCUT2D eigenvalue weighted by molar-refractivity contribution is -0.385. The molecule has 0 radical (unpaired) electrons. The third-order valence-electron chi connectivity index (χ3n) is 2.71. The third-order valence-corrected chi connectivity index (χ3v) is 2.71. The van der Waals surface area contributed by atoms with Gasteiger partial charge in [0.05, 0.1) is 24.2 Å². The number of methoxy groups -OCH3 is 1. The number of hydrogen-bond donors (Lipinski definition) is 3. The van der Waals surface area contributed by atoms with Crippen LogP contribution >= 0.6 is 0 Å². The quantitative estimate of drug-likeness (QED) is 0.466. The maximum absolute atomic E-state index is 11.2. The van der Waals surface area contributed by atoms with Crippen LogP contribution in [0.3, 0.4) is 0 Å². The minimum atomic E-state index is -1.36. The molecule has 3 N–H and O–H groups in total. The van der Waals surface area contributed by atoms with Crippen LogP contribution in [0.15, 0.2) is 18.2 Å². The van der Waals surface area contributed by atoms with Crippen molar-refractivity contribution in [1.29, 1.82) is 0 Å². The molecule has 1 rings (SSSR count). The monoisotopic (exact) mass is 284 g/mol. The zero-order valence-electron chi connectivity index (χ0n) is 10.9. The number of hydrogen-bond acceptors (Lipinski definition) is 6. The maximum Gasteiger partial charge on any atom is 0.343 e. The Morgan fingerprint density at radius 2 is 2.25 bits per heavy atom. The highest BCUT2D eigenvalue weighted by Crippen LogP contribution is 2.22. The predicted octanol–water partition coefficient (Wildman–Crippen LogP) is 0.390. The van der Waals surface area contributed by atoms with Crippen molar-refractivity contribution in [1.82, 2.24) is 5.32 Å². The van der Waals surface area contributed by atoms with Crippen LogP contribution in [0.25, 0.3) is 0 Å². The molecule has 1 aromatic rings. The Balaban J connectivity index is 2.97. The number of aliphatic hydroxyl groups excluding tert-OH is 1. The van der Waals surface area contributed by atoms with Gasteiger partial charge in [0, 0.05) is 19.7 Å². The maximum atomic E-state index is 11.2. The topological polar surface area (TPSA) is 122 Å². The van der Waals surface area contributed by atoms with Crippen LogP contribution in [0.1, 0.15) is 15.9 Å². The summed E-state index contributed by atoms with van der Waals surface area (Å²) in [5.41, 5.74) is -0.524. The second-order valence-corrected chi connectivity index (χ2v) is 4.09. The first kappa shape index (κ1) is 16.0. The fourth-order valence-corrected chi connectivity index (χ4v) is 1.76. The van der Waals surface area contributed by atoms with Gasteiger partial charge in [-0.1, -0.05) is 12.1 Å². The minimum absolute atomic E-state index is 0.0813. The first-order valence-corrected chi connectivity index (χ1v) is 5.84. The summed E-state index contributed by atoms with van der Waals surface area (Å²) in [6.45, 7) is 0.136. The Morgan fingerprint density at radius 1 is 1.55 bits per heavy atom. The molecule has 110 valence electrons. The van der Waals surface area contributed by atoms with E-state index < -0.39 is 16.6 Å². The average molecular weight is 284 g/mol. The Labute approximate surface area is 115 Å². The normalized spacial score (nSPS) is 12.1. The number of nitrogens with zero attached hydrogens (tertiary/aromatic N) is 1. The van der Waals surface area contributed by atoms with Gasteiger partial charge in [-0.25, -0.2) is 4.79 Å². The number of benzene rings is 1. The van der Waals surface area contributed by atoms with E-state index in [4.69, 9.17) is 14.9 Å². The van der Waals surface area contributed by atoms with Crippen molar-refractivity contribution in [2.75, 3.05) is 20.3 Å². The number of carboxylic acids is 1. The molecule has 0 aliphatic heterocycles. The standard InChI is InChI=1S/C12H16N2O6/c1-20-7-9(6-15)13-5-8-3-2-4-10(14(18)19)11(8)12(16)17/h2-4,9,13,15H,5-7H2,1H3,(H,16,17). The summed E-state index contributed by atoms with van der Waals surface area (Å²) >= 11 is 0. The predicted molar refractivity (Wildman–Crippen MR) is 69.6 cm³/mol. The Morgan fingerprint density at radius 3 is 2.75 bits per heavy atom. The van der Waals surface area contributed by atoms with Crippen LogP contribution < -0.4 is 5.32 Å². The number of nitrogens with one attached hydrogen (secondary N) is 1. The first-order chi connectivity index (χ1) is 9.51. The first-order valence-electron chi connectivity index (χ1n) is 5.84. The van der Waals surface area contributed by atoms with Gasteiger partial charge in [0.25, 0.3) is 5.69 Å². The summed E-state index contributed by atoms with van der Waals surface area (Å²) in [5.74, 6) is -1.36. The van der Waals surface area contributed by atoms with Crippen LogP contribution in [0, 0.1) is 10.1 Å². The van der Waals surface area contributed by atoms with E-state index >= 15 is 0 Å². The third kappa shape index (κ3) is 3.98. The molecule has 1 atom stereocenters. The van der Waals surface area contributed by atoms with E-state index in [9.17, 15) is 14.9 Å². The summed E-state index contributed by atoms with van der Waals surface area (Å²) in [6, 6.07) is 3.68. The molecular formula is C12H16N2O6. The van der Waals surface area contributed by atoms with Gasteiger partial charge in [0.15, 0.2) is 0 Å². The molecule has 0 heterocycles. The Kier molecular flexibility index (Phi) is 6.04. The summed E-state index contributed by atoms with van der Waals surface area (Å²) in [6.07, 6.45) is 0. The molecular weight excluding hydrogens is 268 g/mol. The molecule has 1 aromatic carbocycles. The number of carbonyl (C=O) groups is 1. The van der Waals surface area contributed by atoms with Crippen LogP contribution in [0.2, 0.25) is 0 Å². The summed E-state index contributed by atoms with van der Waals surface area (Å²) in [4.78, 5) is 21.3. The van der Waals surface area contributed by atoms with E-state index in [2.05, 4.69) is 5.32 Å². The van der Waals surface area contributed by atoms with Gasteiger partial charge >= 0.3 is 5.97 Å². The average Bonchev–Trinajstić information content (AvgIpc) is 2.42. The molecule has 8 nitrogen and oxygen atoms in total. The highest BCUT2D eigenvalue weighted by atomic mass is 16.6. The molecule has 0 bridgehead atoms. The largest absolute Gasteiger partial charge is 0.477 e. The van der Waals surface area contributed by atoms with Crippen molar-refractivity contribution in [3.05, 3.63) is 39.4 Å². The van der Waals surface area contributed by atoms with Crippen molar-refractivity contribution >= 4 is 11.7 Å². The summed E-state index contributed by atoms with van der Waals surface area (Å²) < 4.78 is 4.88. The number of aromatic carboxylic acids is 1. The van der Waals surface area contributed by atoms with Gasteiger partial charge < -0.3 is 20.3 Å². The zero-order valence-corrected chi connectivity index (χ0v) is 10.9. The van der Waals surface area contributed by atoms with Gasteiger partial charge in [0.2, 0.25) is 0 Å². The number of aliphatic hydroxyl groups is 1. The molecule has 8 heteroatoms. The second kappa shape index (κ2) is 7.53. The van der Waals surface area contributed by atoms with Crippen molar-refractivity contribution < 1.29 is 24.7 Å². The molecule has 20 heavy (non-hydrogen) atoms. The van der Waals surface area contributed by atoms with Crippen molar-refractivity contribution in [2.24, 2.45) is 0 Å². The molecule has 1 unspecified atom stereocenters. The molecule has 0 saturated carbocycles. The van der Waals surface area contributed by atoms with Gasteiger partial charge in [-0.2, -0.15) is 0 Å².